The molecule has 110 valence electrons. The molecule has 3 nitrogen and oxygen atoms in total. The van der Waals surface area contributed by atoms with Gasteiger partial charge in [0.1, 0.15) is 12.5 Å². The molecular weight excluding hydrogens is 258 g/mol. The van der Waals surface area contributed by atoms with Gasteiger partial charge in [-0.25, -0.2) is 0 Å². The monoisotopic (exact) mass is 281 g/mol. The lowest BCUT2D eigenvalue weighted by Gasteiger charge is -2.32. The van der Waals surface area contributed by atoms with E-state index in [1.54, 1.807) is 0 Å². The summed E-state index contributed by atoms with van der Waals surface area (Å²) in [6.07, 6.45) is 8.70. The van der Waals surface area contributed by atoms with Crippen molar-refractivity contribution < 1.29 is 0 Å². The second kappa shape index (κ2) is 4.99. The molecular formula is C18H23N3. The van der Waals surface area contributed by atoms with Gasteiger partial charge in [0.2, 0.25) is 0 Å². The van der Waals surface area contributed by atoms with E-state index < -0.39 is 0 Å². The van der Waals surface area contributed by atoms with Crippen molar-refractivity contribution in [2.24, 2.45) is 0 Å². The second-order valence-corrected chi connectivity index (χ2v) is 6.12. The number of benzene rings is 1. The first-order valence-electron chi connectivity index (χ1n) is 7.37. The van der Waals surface area contributed by atoms with Gasteiger partial charge in [-0.1, -0.05) is 23.8 Å². The molecule has 1 aromatic carbocycles. The van der Waals surface area contributed by atoms with Crippen molar-refractivity contribution in [3.05, 3.63) is 64.8 Å². The highest BCUT2D eigenvalue weighted by molar-refractivity contribution is 5.64. The number of hydrogen-bond donors (Lipinski definition) is 0. The fraction of sp³-hybridized carbons (Fsp3) is 0.333. The lowest BCUT2D eigenvalue weighted by atomic mass is 10.0. The minimum absolute atomic E-state index is 0.869. The zero-order valence-electron chi connectivity index (χ0n) is 13.5. The Bertz CT molecular complexity index is 642. The molecule has 0 atom stereocenters. The van der Waals surface area contributed by atoms with Gasteiger partial charge in [-0.15, -0.1) is 0 Å². The predicted molar refractivity (Wildman–Crippen MR) is 88.8 cm³/mol. The lowest BCUT2D eigenvalue weighted by molar-refractivity contribution is 0.329. The first kappa shape index (κ1) is 13.8. The molecule has 0 N–H and O–H groups in total. The van der Waals surface area contributed by atoms with Crippen LogP contribution in [0.1, 0.15) is 16.7 Å². The number of anilines is 1. The van der Waals surface area contributed by atoms with Gasteiger partial charge in [0.25, 0.3) is 0 Å². The van der Waals surface area contributed by atoms with Crippen LogP contribution in [0.2, 0.25) is 0 Å². The summed E-state index contributed by atoms with van der Waals surface area (Å²) in [7, 11) is 4.18. The summed E-state index contributed by atoms with van der Waals surface area (Å²) in [5.74, 6) is 1.23. The van der Waals surface area contributed by atoms with Gasteiger partial charge in [-0.2, -0.15) is 0 Å². The van der Waals surface area contributed by atoms with Crippen LogP contribution in [-0.2, 0) is 0 Å². The highest BCUT2D eigenvalue weighted by atomic mass is 15.4. The van der Waals surface area contributed by atoms with Crippen LogP contribution >= 0.6 is 0 Å². The Morgan fingerprint density at radius 1 is 1.05 bits per heavy atom. The van der Waals surface area contributed by atoms with Gasteiger partial charge < -0.3 is 14.7 Å². The van der Waals surface area contributed by atoms with E-state index in [4.69, 9.17) is 0 Å². The van der Waals surface area contributed by atoms with Crippen molar-refractivity contribution in [3.8, 4) is 0 Å². The summed E-state index contributed by atoms with van der Waals surface area (Å²) in [5, 5.41) is 0. The maximum atomic E-state index is 2.35. The van der Waals surface area contributed by atoms with Gasteiger partial charge in [0.15, 0.2) is 0 Å². The van der Waals surface area contributed by atoms with Crippen LogP contribution in [0, 0.1) is 20.8 Å². The third-order valence-corrected chi connectivity index (χ3v) is 4.06. The highest BCUT2D eigenvalue weighted by Crippen LogP contribution is 2.34. The molecule has 0 spiro atoms. The Hall–Kier alpha value is -2.16. The van der Waals surface area contributed by atoms with Crippen molar-refractivity contribution in [2.45, 2.75) is 20.8 Å². The first-order valence-corrected chi connectivity index (χ1v) is 7.37. The summed E-state index contributed by atoms with van der Waals surface area (Å²) in [6, 6.07) is 4.52. The van der Waals surface area contributed by atoms with Crippen LogP contribution in [0.15, 0.2) is 48.1 Å². The Morgan fingerprint density at radius 2 is 1.71 bits per heavy atom. The maximum Gasteiger partial charge on any atom is 0.109 e. The molecule has 0 radical (unpaired) electrons. The van der Waals surface area contributed by atoms with E-state index in [9.17, 15) is 0 Å². The van der Waals surface area contributed by atoms with Crippen LogP contribution in [0.25, 0.3) is 0 Å². The number of fused-ring (bicyclic) bond motifs is 1. The van der Waals surface area contributed by atoms with Gasteiger partial charge in [0, 0.05) is 26.0 Å². The van der Waals surface area contributed by atoms with Crippen molar-refractivity contribution in [1.29, 1.82) is 0 Å². The molecule has 0 amide bonds. The van der Waals surface area contributed by atoms with Crippen LogP contribution in [0.3, 0.4) is 0 Å². The summed E-state index contributed by atoms with van der Waals surface area (Å²) in [4.78, 5) is 6.86. The van der Waals surface area contributed by atoms with Crippen LogP contribution in [0.5, 0.6) is 0 Å². The zero-order valence-corrected chi connectivity index (χ0v) is 13.5. The van der Waals surface area contributed by atoms with Crippen molar-refractivity contribution >= 4 is 5.69 Å². The molecule has 2 aliphatic rings. The number of hydrogen-bond acceptors (Lipinski definition) is 3. The summed E-state index contributed by atoms with van der Waals surface area (Å²) >= 11 is 0. The minimum Gasteiger partial charge on any atom is -0.364 e. The Balaban J connectivity index is 1.97. The number of aryl methyl sites for hydroxylation is 3. The average molecular weight is 281 g/mol. The first-order chi connectivity index (χ1) is 9.97. The minimum atomic E-state index is 0.869. The molecule has 0 aliphatic carbocycles. The van der Waals surface area contributed by atoms with Gasteiger partial charge in [0.05, 0.1) is 5.70 Å². The third-order valence-electron chi connectivity index (χ3n) is 4.06. The van der Waals surface area contributed by atoms with Crippen molar-refractivity contribution in [3.63, 3.8) is 0 Å². The second-order valence-electron chi connectivity index (χ2n) is 6.12. The van der Waals surface area contributed by atoms with E-state index in [1.165, 1.54) is 33.9 Å². The summed E-state index contributed by atoms with van der Waals surface area (Å²) in [6.45, 7) is 7.42. The van der Waals surface area contributed by atoms with E-state index in [-0.39, 0.29) is 0 Å². The average Bonchev–Trinajstić information content (AvgIpc) is 2.79. The SMILES string of the molecule is Cc1cc(C)c(N2C=C3C=CC=C(N(C)C)N3C2)c(C)c1. The maximum absolute atomic E-state index is 2.35. The van der Waals surface area contributed by atoms with Gasteiger partial charge >= 0.3 is 0 Å². The van der Waals surface area contributed by atoms with E-state index >= 15 is 0 Å². The number of nitrogens with zero attached hydrogens (tertiary/aromatic N) is 3. The van der Waals surface area contributed by atoms with Crippen LogP contribution in [0.4, 0.5) is 5.69 Å². The van der Waals surface area contributed by atoms with Crippen LogP contribution < -0.4 is 4.90 Å². The standard InChI is InChI=1S/C18H23N3/c1-13-9-14(2)18(15(3)10-13)20-11-16-7-6-8-17(19(4)5)21(16)12-20/h6-11H,12H2,1-5H3. The van der Waals surface area contributed by atoms with E-state index in [0.29, 0.717) is 0 Å². The summed E-state index contributed by atoms with van der Waals surface area (Å²) < 4.78 is 0. The Labute approximate surface area is 127 Å². The molecule has 0 bridgehead atoms. The van der Waals surface area contributed by atoms with Crippen LogP contribution in [-0.4, -0.2) is 30.6 Å². The number of allylic oxidation sites excluding steroid dienone is 3. The highest BCUT2D eigenvalue weighted by Gasteiger charge is 2.27. The van der Waals surface area contributed by atoms with Crippen molar-refractivity contribution in [2.75, 3.05) is 25.7 Å². The molecule has 3 heteroatoms. The van der Waals surface area contributed by atoms with Gasteiger partial charge in [-0.3, -0.25) is 0 Å². The molecule has 3 rings (SSSR count). The predicted octanol–water partition coefficient (Wildman–Crippen LogP) is 3.51. The third kappa shape index (κ3) is 2.33. The van der Waals surface area contributed by atoms with E-state index in [0.717, 1.165) is 6.67 Å². The molecule has 1 aromatic rings. The Morgan fingerprint density at radius 3 is 2.33 bits per heavy atom. The molecule has 0 aromatic heterocycles. The lowest BCUT2D eigenvalue weighted by Crippen LogP contribution is -2.33. The quantitative estimate of drug-likeness (QED) is 0.821. The Kier molecular flexibility index (Phi) is 3.28. The molecule has 0 fully saturated rings. The summed E-state index contributed by atoms with van der Waals surface area (Å²) in [5.41, 5.74) is 6.58. The van der Waals surface area contributed by atoms with Gasteiger partial charge in [-0.05, 0) is 44.1 Å². The fourth-order valence-electron chi connectivity index (χ4n) is 3.32. The van der Waals surface area contributed by atoms with E-state index in [2.05, 4.69) is 86.1 Å². The largest absolute Gasteiger partial charge is 0.364 e. The van der Waals surface area contributed by atoms with E-state index in [1.807, 2.05) is 0 Å². The number of rotatable bonds is 2. The topological polar surface area (TPSA) is 9.72 Å². The molecule has 2 aliphatic heterocycles. The molecule has 0 saturated heterocycles. The zero-order chi connectivity index (χ0) is 15.1. The smallest absolute Gasteiger partial charge is 0.109 e. The fourth-order valence-corrected chi connectivity index (χ4v) is 3.32. The normalized spacial score (nSPS) is 16.8. The molecule has 2 heterocycles. The molecule has 21 heavy (non-hydrogen) atoms. The molecule has 0 unspecified atom stereocenters. The molecule has 0 saturated carbocycles. The van der Waals surface area contributed by atoms with Crippen molar-refractivity contribution in [1.82, 2.24) is 9.80 Å².